The van der Waals surface area contributed by atoms with Crippen molar-refractivity contribution in [1.82, 2.24) is 14.9 Å². The third-order valence-electron chi connectivity index (χ3n) is 3.32. The Morgan fingerprint density at radius 1 is 1.36 bits per heavy atom. The van der Waals surface area contributed by atoms with Gasteiger partial charge in [0.1, 0.15) is 23.9 Å². The first kappa shape index (κ1) is 17.0. The summed E-state index contributed by atoms with van der Waals surface area (Å²) in [5.74, 6) is 1.16. The number of alkyl halides is 2. The van der Waals surface area contributed by atoms with Crippen LogP contribution in [-0.2, 0) is 6.61 Å². The molecule has 0 saturated heterocycles. The minimum Gasteiger partial charge on any atom is -0.485 e. The van der Waals surface area contributed by atoms with Gasteiger partial charge in [-0.2, -0.15) is 14.9 Å². The summed E-state index contributed by atoms with van der Waals surface area (Å²) in [6, 6.07) is 11.0. The van der Waals surface area contributed by atoms with E-state index >= 15 is 0 Å². The number of para-hydroxylation sites is 1. The van der Waals surface area contributed by atoms with Crippen LogP contribution in [0, 0.1) is 11.7 Å². The standard InChI is InChI=1S/C16H14F2N4O2S/c1-10-4-2-3-5-13(10)23-9-12-7-6-11(24-12)8-19-22-15(14(17)18)20-21-16(22)25/h2-8,14H,9H2,1H3,(H,21,25). The molecule has 6 nitrogen and oxygen atoms in total. The highest BCUT2D eigenvalue weighted by Crippen LogP contribution is 2.19. The van der Waals surface area contributed by atoms with E-state index in [1.165, 1.54) is 6.21 Å². The summed E-state index contributed by atoms with van der Waals surface area (Å²) in [4.78, 5) is 0. The van der Waals surface area contributed by atoms with E-state index < -0.39 is 12.2 Å². The van der Waals surface area contributed by atoms with Gasteiger partial charge in [-0.3, -0.25) is 0 Å². The highest BCUT2D eigenvalue weighted by molar-refractivity contribution is 7.71. The molecule has 0 spiro atoms. The van der Waals surface area contributed by atoms with E-state index in [9.17, 15) is 8.78 Å². The SMILES string of the molecule is Cc1ccccc1OCc1ccc(C=Nn2c(C(F)F)n[nH]c2=S)o1. The number of aryl methyl sites for hydroxylation is 1. The van der Waals surface area contributed by atoms with Crippen molar-refractivity contribution in [3.8, 4) is 5.75 Å². The van der Waals surface area contributed by atoms with Crippen molar-refractivity contribution in [1.29, 1.82) is 0 Å². The molecule has 0 bridgehead atoms. The van der Waals surface area contributed by atoms with Gasteiger partial charge in [0.05, 0.1) is 6.21 Å². The average molecular weight is 364 g/mol. The van der Waals surface area contributed by atoms with Crippen LogP contribution in [0.15, 0.2) is 45.9 Å². The zero-order chi connectivity index (χ0) is 17.8. The molecule has 1 aromatic carbocycles. The molecular formula is C16H14F2N4O2S. The zero-order valence-corrected chi connectivity index (χ0v) is 14.0. The van der Waals surface area contributed by atoms with Crippen LogP contribution in [-0.4, -0.2) is 21.1 Å². The van der Waals surface area contributed by atoms with Crippen molar-refractivity contribution < 1.29 is 17.9 Å². The largest absolute Gasteiger partial charge is 0.485 e. The highest BCUT2D eigenvalue weighted by Gasteiger charge is 2.16. The molecule has 2 heterocycles. The lowest BCUT2D eigenvalue weighted by Gasteiger charge is -2.06. The van der Waals surface area contributed by atoms with Gasteiger partial charge in [-0.05, 0) is 42.9 Å². The molecular weight excluding hydrogens is 350 g/mol. The molecule has 3 aromatic rings. The van der Waals surface area contributed by atoms with Crippen LogP contribution >= 0.6 is 12.2 Å². The van der Waals surface area contributed by atoms with E-state index in [4.69, 9.17) is 21.4 Å². The van der Waals surface area contributed by atoms with Crippen LogP contribution in [0.1, 0.15) is 29.3 Å². The van der Waals surface area contributed by atoms with Gasteiger partial charge in [0.2, 0.25) is 10.6 Å². The zero-order valence-electron chi connectivity index (χ0n) is 13.1. The van der Waals surface area contributed by atoms with E-state index in [-0.39, 0.29) is 11.4 Å². The number of hydrogen-bond acceptors (Lipinski definition) is 5. The van der Waals surface area contributed by atoms with E-state index in [0.29, 0.717) is 11.5 Å². The first-order valence-electron chi connectivity index (χ1n) is 7.31. The van der Waals surface area contributed by atoms with Gasteiger partial charge in [-0.25, -0.2) is 13.9 Å². The number of nitrogens with zero attached hydrogens (tertiary/aromatic N) is 3. The second-order valence-electron chi connectivity index (χ2n) is 5.10. The number of ether oxygens (including phenoxy) is 1. The Morgan fingerprint density at radius 2 is 2.16 bits per heavy atom. The summed E-state index contributed by atoms with van der Waals surface area (Å²) in [5.41, 5.74) is 1.02. The number of benzene rings is 1. The van der Waals surface area contributed by atoms with Crippen LogP contribution in [0.4, 0.5) is 8.78 Å². The molecule has 25 heavy (non-hydrogen) atoms. The van der Waals surface area contributed by atoms with Crippen LogP contribution in [0.25, 0.3) is 0 Å². The number of hydrogen-bond donors (Lipinski definition) is 1. The van der Waals surface area contributed by atoms with Crippen molar-refractivity contribution in [2.45, 2.75) is 20.0 Å². The van der Waals surface area contributed by atoms with Crippen molar-refractivity contribution in [3.63, 3.8) is 0 Å². The minimum absolute atomic E-state index is 0.0267. The second-order valence-corrected chi connectivity index (χ2v) is 5.49. The Hall–Kier alpha value is -2.81. The summed E-state index contributed by atoms with van der Waals surface area (Å²) in [6.45, 7) is 2.19. The van der Waals surface area contributed by atoms with Gasteiger partial charge >= 0.3 is 0 Å². The summed E-state index contributed by atoms with van der Waals surface area (Å²) in [7, 11) is 0. The summed E-state index contributed by atoms with van der Waals surface area (Å²) in [5, 5.41) is 9.59. The summed E-state index contributed by atoms with van der Waals surface area (Å²) in [6.07, 6.45) is -1.51. The number of rotatable bonds is 6. The number of halogens is 2. The fraction of sp³-hybridized carbons (Fsp3) is 0.188. The molecule has 130 valence electrons. The molecule has 9 heteroatoms. The van der Waals surface area contributed by atoms with Crippen LogP contribution < -0.4 is 4.74 Å². The molecule has 3 rings (SSSR count). The summed E-state index contributed by atoms with van der Waals surface area (Å²) < 4.78 is 37.7. The van der Waals surface area contributed by atoms with Crippen molar-refractivity contribution in [2.75, 3.05) is 0 Å². The van der Waals surface area contributed by atoms with Gasteiger partial charge in [-0.1, -0.05) is 18.2 Å². The molecule has 0 fully saturated rings. The highest BCUT2D eigenvalue weighted by atomic mass is 32.1. The molecule has 0 amide bonds. The first-order valence-corrected chi connectivity index (χ1v) is 7.72. The van der Waals surface area contributed by atoms with Gasteiger partial charge < -0.3 is 9.15 Å². The van der Waals surface area contributed by atoms with Crippen molar-refractivity contribution >= 4 is 18.4 Å². The van der Waals surface area contributed by atoms with Crippen molar-refractivity contribution in [3.05, 3.63) is 64.1 Å². The quantitative estimate of drug-likeness (QED) is 0.525. The van der Waals surface area contributed by atoms with E-state index in [2.05, 4.69) is 15.3 Å². The molecule has 0 aliphatic rings. The molecule has 0 atom stereocenters. The molecule has 0 saturated carbocycles. The monoisotopic (exact) mass is 364 g/mol. The maximum absolute atomic E-state index is 12.8. The number of aromatic nitrogens is 3. The van der Waals surface area contributed by atoms with Gasteiger partial charge in [0.15, 0.2) is 0 Å². The lowest BCUT2D eigenvalue weighted by molar-refractivity contribution is 0.136. The Labute approximate surface area is 146 Å². The molecule has 2 aromatic heterocycles. The number of furan rings is 1. The van der Waals surface area contributed by atoms with E-state index in [1.807, 2.05) is 31.2 Å². The third kappa shape index (κ3) is 4.00. The lowest BCUT2D eigenvalue weighted by Crippen LogP contribution is -1.99. The Morgan fingerprint density at radius 3 is 2.92 bits per heavy atom. The Bertz CT molecular complexity index is 946. The van der Waals surface area contributed by atoms with E-state index in [0.717, 1.165) is 16.0 Å². The number of nitrogens with one attached hydrogen (secondary N) is 1. The Kier molecular flexibility index (Phi) is 5.03. The minimum atomic E-state index is -2.79. The number of aromatic amines is 1. The molecule has 1 N–H and O–H groups in total. The molecule has 0 aliphatic carbocycles. The fourth-order valence-corrected chi connectivity index (χ4v) is 2.27. The average Bonchev–Trinajstić information content (AvgIpc) is 3.18. The topological polar surface area (TPSA) is 68.3 Å². The van der Waals surface area contributed by atoms with Crippen molar-refractivity contribution in [2.24, 2.45) is 5.10 Å². The van der Waals surface area contributed by atoms with E-state index in [1.54, 1.807) is 12.1 Å². The molecule has 0 radical (unpaired) electrons. The van der Waals surface area contributed by atoms with Crippen LogP contribution in [0.3, 0.4) is 0 Å². The van der Waals surface area contributed by atoms with Crippen LogP contribution in [0.5, 0.6) is 5.75 Å². The molecule has 0 aliphatic heterocycles. The van der Waals surface area contributed by atoms with Gasteiger partial charge in [0.25, 0.3) is 6.43 Å². The normalized spacial score (nSPS) is 11.5. The second kappa shape index (κ2) is 7.39. The maximum atomic E-state index is 12.8. The fourth-order valence-electron chi connectivity index (χ4n) is 2.08. The van der Waals surface area contributed by atoms with Crippen LogP contribution in [0.2, 0.25) is 0 Å². The Balaban J connectivity index is 1.69. The number of H-pyrrole nitrogens is 1. The van der Waals surface area contributed by atoms with Gasteiger partial charge in [-0.15, -0.1) is 0 Å². The predicted octanol–water partition coefficient (Wildman–Crippen LogP) is 4.24. The lowest BCUT2D eigenvalue weighted by atomic mass is 10.2. The predicted molar refractivity (Wildman–Crippen MR) is 89.6 cm³/mol. The first-order chi connectivity index (χ1) is 12.0. The summed E-state index contributed by atoms with van der Waals surface area (Å²) >= 11 is 4.87. The molecule has 0 unspecified atom stereocenters. The maximum Gasteiger partial charge on any atom is 0.299 e. The third-order valence-corrected chi connectivity index (χ3v) is 3.58. The smallest absolute Gasteiger partial charge is 0.299 e. The van der Waals surface area contributed by atoms with Gasteiger partial charge in [0, 0.05) is 0 Å².